The number of para-hydroxylation sites is 1. The van der Waals surface area contributed by atoms with Gasteiger partial charge in [-0.05, 0) is 43.3 Å². The van der Waals surface area contributed by atoms with Crippen LogP contribution in [0.5, 0.6) is 5.75 Å². The molecule has 1 N–H and O–H groups in total. The molecule has 5 heteroatoms. The summed E-state index contributed by atoms with van der Waals surface area (Å²) in [6.07, 6.45) is 1.65. The second kappa shape index (κ2) is 7.16. The summed E-state index contributed by atoms with van der Waals surface area (Å²) in [6, 6.07) is 16.9. The maximum Gasteiger partial charge on any atom is 0.266 e. The highest BCUT2D eigenvalue weighted by atomic mass is 16.5. The molecule has 0 bridgehead atoms. The molecule has 0 fully saturated rings. The van der Waals surface area contributed by atoms with E-state index >= 15 is 0 Å². The summed E-state index contributed by atoms with van der Waals surface area (Å²) in [5, 5.41) is 13.2. The maximum absolute atomic E-state index is 12.5. The first-order chi connectivity index (χ1) is 12.5. The number of fused-ring (bicyclic) bond motifs is 1. The molecule has 0 unspecified atom stereocenters. The SMILES string of the molecule is COc1ccc(NC(=O)/C(C#N)=C\c2c(C)n(C)c3ccccc23)cc1. The minimum Gasteiger partial charge on any atom is -0.497 e. The van der Waals surface area contributed by atoms with E-state index in [2.05, 4.69) is 9.88 Å². The van der Waals surface area contributed by atoms with Gasteiger partial charge < -0.3 is 14.6 Å². The van der Waals surface area contributed by atoms with Crippen LogP contribution in [0.1, 0.15) is 11.3 Å². The molecule has 3 aromatic rings. The second-order valence-electron chi connectivity index (χ2n) is 5.93. The van der Waals surface area contributed by atoms with E-state index in [9.17, 15) is 10.1 Å². The van der Waals surface area contributed by atoms with E-state index < -0.39 is 5.91 Å². The zero-order valence-corrected chi connectivity index (χ0v) is 14.9. The Bertz CT molecular complexity index is 1040. The molecule has 0 saturated carbocycles. The van der Waals surface area contributed by atoms with Crippen LogP contribution in [0.3, 0.4) is 0 Å². The molecular weight excluding hydrogens is 326 g/mol. The van der Waals surface area contributed by atoms with Gasteiger partial charge in [0.05, 0.1) is 7.11 Å². The fourth-order valence-electron chi connectivity index (χ4n) is 2.90. The van der Waals surface area contributed by atoms with Crippen molar-refractivity contribution < 1.29 is 9.53 Å². The Morgan fingerprint density at radius 1 is 1.19 bits per heavy atom. The van der Waals surface area contributed by atoms with Crippen molar-refractivity contribution in [2.24, 2.45) is 7.05 Å². The molecule has 0 aliphatic carbocycles. The van der Waals surface area contributed by atoms with E-state index in [-0.39, 0.29) is 5.57 Å². The molecule has 5 nitrogen and oxygen atoms in total. The number of amides is 1. The topological polar surface area (TPSA) is 67.0 Å². The molecule has 0 aliphatic heterocycles. The standard InChI is InChI=1S/C21H19N3O2/c1-14-19(18-6-4-5-7-20(18)24(14)2)12-15(13-22)21(25)23-16-8-10-17(26-3)11-9-16/h4-12H,1-3H3,(H,23,25)/b15-12-. The fourth-order valence-corrected chi connectivity index (χ4v) is 2.90. The predicted molar refractivity (Wildman–Crippen MR) is 103 cm³/mol. The van der Waals surface area contributed by atoms with Crippen molar-refractivity contribution in [1.82, 2.24) is 4.57 Å². The number of rotatable bonds is 4. The first-order valence-electron chi connectivity index (χ1n) is 8.16. The average Bonchev–Trinajstić information content (AvgIpc) is 2.91. The van der Waals surface area contributed by atoms with Gasteiger partial charge >= 0.3 is 0 Å². The summed E-state index contributed by atoms with van der Waals surface area (Å²) in [7, 11) is 3.55. The molecule has 0 saturated heterocycles. The van der Waals surface area contributed by atoms with Gasteiger partial charge in [0.1, 0.15) is 17.4 Å². The van der Waals surface area contributed by atoms with Crippen LogP contribution in [0.15, 0.2) is 54.1 Å². The predicted octanol–water partition coefficient (Wildman–Crippen LogP) is 4.04. The molecule has 1 amide bonds. The molecule has 26 heavy (non-hydrogen) atoms. The van der Waals surface area contributed by atoms with E-state index in [0.717, 1.165) is 22.2 Å². The van der Waals surface area contributed by atoms with Crippen LogP contribution in [0.2, 0.25) is 0 Å². The van der Waals surface area contributed by atoms with Crippen molar-refractivity contribution in [2.75, 3.05) is 12.4 Å². The van der Waals surface area contributed by atoms with Crippen LogP contribution < -0.4 is 10.1 Å². The number of anilines is 1. The number of ether oxygens (including phenoxy) is 1. The molecule has 0 spiro atoms. The van der Waals surface area contributed by atoms with Crippen molar-refractivity contribution in [1.29, 1.82) is 5.26 Å². The number of hydrogen-bond donors (Lipinski definition) is 1. The lowest BCUT2D eigenvalue weighted by atomic mass is 10.1. The van der Waals surface area contributed by atoms with Gasteiger partial charge in [0, 0.05) is 34.9 Å². The molecule has 130 valence electrons. The summed E-state index contributed by atoms with van der Waals surface area (Å²) in [6.45, 7) is 1.97. The Morgan fingerprint density at radius 3 is 2.54 bits per heavy atom. The summed E-state index contributed by atoms with van der Waals surface area (Å²) in [4.78, 5) is 12.5. The number of carbonyl (C=O) groups is 1. The Kier molecular flexibility index (Phi) is 4.76. The van der Waals surface area contributed by atoms with Crippen LogP contribution >= 0.6 is 0 Å². The number of benzene rings is 2. The molecule has 0 radical (unpaired) electrons. The lowest BCUT2D eigenvalue weighted by molar-refractivity contribution is -0.112. The number of aromatic nitrogens is 1. The highest BCUT2D eigenvalue weighted by Crippen LogP contribution is 2.27. The Hall–Kier alpha value is -3.52. The van der Waals surface area contributed by atoms with Crippen LogP contribution in [0, 0.1) is 18.3 Å². The Labute approximate surface area is 152 Å². The lowest BCUT2D eigenvalue weighted by Crippen LogP contribution is -2.13. The van der Waals surface area contributed by atoms with Gasteiger partial charge in [-0.2, -0.15) is 5.26 Å². The summed E-state index contributed by atoms with van der Waals surface area (Å²) >= 11 is 0. The van der Waals surface area contributed by atoms with Crippen molar-refractivity contribution in [3.05, 3.63) is 65.4 Å². The third-order valence-electron chi connectivity index (χ3n) is 4.45. The second-order valence-corrected chi connectivity index (χ2v) is 5.93. The van der Waals surface area contributed by atoms with Crippen LogP contribution in [0.25, 0.3) is 17.0 Å². The Morgan fingerprint density at radius 2 is 1.88 bits per heavy atom. The fraction of sp³-hybridized carbons (Fsp3) is 0.143. The van der Waals surface area contributed by atoms with Gasteiger partial charge in [0.2, 0.25) is 0 Å². The minimum absolute atomic E-state index is 0.0558. The molecule has 3 rings (SSSR count). The Balaban J connectivity index is 1.94. The van der Waals surface area contributed by atoms with Gasteiger partial charge in [-0.3, -0.25) is 4.79 Å². The van der Waals surface area contributed by atoms with Crippen molar-refractivity contribution in [2.45, 2.75) is 6.92 Å². The number of aryl methyl sites for hydroxylation is 1. The van der Waals surface area contributed by atoms with Gasteiger partial charge in [-0.1, -0.05) is 18.2 Å². The largest absolute Gasteiger partial charge is 0.497 e. The maximum atomic E-state index is 12.5. The number of methoxy groups -OCH3 is 1. The monoisotopic (exact) mass is 345 g/mol. The minimum atomic E-state index is -0.440. The van der Waals surface area contributed by atoms with Crippen LogP contribution in [0.4, 0.5) is 5.69 Å². The quantitative estimate of drug-likeness (QED) is 0.573. The molecule has 0 atom stereocenters. The molecule has 1 heterocycles. The van der Waals surface area contributed by atoms with Crippen molar-refractivity contribution in [3.63, 3.8) is 0 Å². The van der Waals surface area contributed by atoms with E-state index in [0.29, 0.717) is 11.4 Å². The summed E-state index contributed by atoms with van der Waals surface area (Å²) in [5.41, 5.74) is 3.59. The first-order valence-corrected chi connectivity index (χ1v) is 8.16. The number of nitrogens with zero attached hydrogens (tertiary/aromatic N) is 2. The molecular formula is C21H19N3O2. The number of carbonyl (C=O) groups excluding carboxylic acids is 1. The molecule has 1 aromatic heterocycles. The van der Waals surface area contributed by atoms with Crippen molar-refractivity contribution >= 4 is 28.6 Å². The smallest absolute Gasteiger partial charge is 0.266 e. The number of nitriles is 1. The van der Waals surface area contributed by atoms with Gasteiger partial charge in [-0.15, -0.1) is 0 Å². The van der Waals surface area contributed by atoms with Crippen LogP contribution in [-0.4, -0.2) is 17.6 Å². The lowest BCUT2D eigenvalue weighted by Gasteiger charge is -2.06. The van der Waals surface area contributed by atoms with E-state index in [4.69, 9.17) is 4.74 Å². The highest BCUT2D eigenvalue weighted by Gasteiger charge is 2.14. The molecule has 0 aliphatic rings. The van der Waals surface area contributed by atoms with Gasteiger partial charge in [0.15, 0.2) is 0 Å². The summed E-state index contributed by atoms with van der Waals surface area (Å²) in [5.74, 6) is 0.260. The first kappa shape index (κ1) is 17.3. The zero-order chi connectivity index (χ0) is 18.7. The molecule has 2 aromatic carbocycles. The van der Waals surface area contributed by atoms with Gasteiger partial charge in [-0.25, -0.2) is 0 Å². The van der Waals surface area contributed by atoms with E-state index in [1.54, 1.807) is 37.5 Å². The van der Waals surface area contributed by atoms with Gasteiger partial charge in [0.25, 0.3) is 5.91 Å². The van der Waals surface area contributed by atoms with E-state index in [1.807, 2.05) is 44.3 Å². The number of nitrogens with one attached hydrogen (secondary N) is 1. The number of hydrogen-bond acceptors (Lipinski definition) is 3. The van der Waals surface area contributed by atoms with Crippen LogP contribution in [-0.2, 0) is 11.8 Å². The average molecular weight is 345 g/mol. The third kappa shape index (κ3) is 3.17. The third-order valence-corrected chi connectivity index (χ3v) is 4.45. The zero-order valence-electron chi connectivity index (χ0n) is 14.9. The highest BCUT2D eigenvalue weighted by molar-refractivity contribution is 6.11. The normalized spacial score (nSPS) is 11.2. The van der Waals surface area contributed by atoms with Crippen molar-refractivity contribution in [3.8, 4) is 11.8 Å². The van der Waals surface area contributed by atoms with E-state index in [1.165, 1.54) is 0 Å². The summed E-state index contributed by atoms with van der Waals surface area (Å²) < 4.78 is 7.15.